The molecule has 0 unspecified atom stereocenters. The molecule has 6 rings (SSSR count). The van der Waals surface area contributed by atoms with E-state index in [0.29, 0.717) is 30.0 Å². The molecule has 0 aromatic heterocycles. The van der Waals surface area contributed by atoms with Crippen LogP contribution < -0.4 is 10.1 Å². The number of nitrogens with one attached hydrogen (secondary N) is 1. The molecule has 0 atom stereocenters. The third-order valence-corrected chi connectivity index (χ3v) is 7.19. The van der Waals surface area contributed by atoms with Crippen LogP contribution in [0.15, 0.2) is 54.6 Å². The van der Waals surface area contributed by atoms with Gasteiger partial charge in [0.15, 0.2) is 6.61 Å². The first-order chi connectivity index (χ1) is 15.1. The van der Waals surface area contributed by atoms with Gasteiger partial charge in [-0.25, -0.2) is 0 Å². The number of benzene rings is 2. The maximum absolute atomic E-state index is 12.9. The van der Waals surface area contributed by atoms with E-state index in [2.05, 4.69) is 5.32 Å². The lowest BCUT2D eigenvalue weighted by atomic mass is 9.49. The molecule has 5 heteroatoms. The van der Waals surface area contributed by atoms with E-state index in [-0.39, 0.29) is 23.9 Å². The van der Waals surface area contributed by atoms with Crippen LogP contribution in [0.25, 0.3) is 0 Å². The van der Waals surface area contributed by atoms with Gasteiger partial charge < -0.3 is 14.8 Å². The van der Waals surface area contributed by atoms with Gasteiger partial charge in [0.05, 0.1) is 5.41 Å². The van der Waals surface area contributed by atoms with Gasteiger partial charge in [0.2, 0.25) is 0 Å². The van der Waals surface area contributed by atoms with Gasteiger partial charge in [-0.15, -0.1) is 0 Å². The van der Waals surface area contributed by atoms with E-state index in [9.17, 15) is 9.59 Å². The Balaban J connectivity index is 1.09. The minimum absolute atomic E-state index is 0.161. The van der Waals surface area contributed by atoms with E-state index in [1.54, 1.807) is 12.1 Å². The molecule has 4 aliphatic carbocycles. The summed E-state index contributed by atoms with van der Waals surface area (Å²) in [6.07, 6.45) is 6.67. The standard InChI is InChI=1S/C26H29NO4/c28-24(17-31-25(29)26-13-19-10-20(14-26)12-21(11-19)15-26)27-22-6-8-23(9-7-22)30-16-18-4-2-1-3-5-18/h1-9,19-21H,10-17H2,(H,27,28). The Hall–Kier alpha value is -2.82. The van der Waals surface area contributed by atoms with E-state index in [4.69, 9.17) is 9.47 Å². The molecule has 2 aromatic carbocycles. The molecule has 4 aliphatic rings. The minimum atomic E-state index is -0.327. The van der Waals surface area contributed by atoms with Gasteiger partial charge in [-0.3, -0.25) is 9.59 Å². The highest BCUT2D eigenvalue weighted by molar-refractivity contribution is 5.93. The van der Waals surface area contributed by atoms with Gasteiger partial charge in [-0.1, -0.05) is 30.3 Å². The van der Waals surface area contributed by atoms with Crippen molar-refractivity contribution in [2.24, 2.45) is 23.2 Å². The number of hydrogen-bond donors (Lipinski definition) is 1. The molecule has 1 N–H and O–H groups in total. The normalized spacial score (nSPS) is 28.2. The molecular formula is C26H29NO4. The summed E-state index contributed by atoms with van der Waals surface area (Å²) in [6, 6.07) is 17.2. The van der Waals surface area contributed by atoms with E-state index < -0.39 is 0 Å². The van der Waals surface area contributed by atoms with Gasteiger partial charge in [0.25, 0.3) is 5.91 Å². The first kappa shape index (κ1) is 20.1. The summed E-state index contributed by atoms with van der Waals surface area (Å²) in [7, 11) is 0. The number of amides is 1. The second-order valence-electron chi connectivity index (χ2n) is 9.62. The van der Waals surface area contributed by atoms with Gasteiger partial charge in [0.1, 0.15) is 12.4 Å². The van der Waals surface area contributed by atoms with Crippen molar-refractivity contribution in [1.82, 2.24) is 0 Å². The smallest absolute Gasteiger partial charge is 0.312 e. The number of anilines is 1. The van der Waals surface area contributed by atoms with Crippen molar-refractivity contribution in [3.63, 3.8) is 0 Å². The molecule has 4 bridgehead atoms. The molecule has 0 aliphatic heterocycles. The first-order valence-electron chi connectivity index (χ1n) is 11.3. The lowest BCUT2D eigenvalue weighted by molar-refractivity contribution is -0.172. The van der Waals surface area contributed by atoms with Crippen molar-refractivity contribution in [2.45, 2.75) is 45.1 Å². The van der Waals surface area contributed by atoms with Gasteiger partial charge >= 0.3 is 5.97 Å². The molecule has 0 heterocycles. The highest BCUT2D eigenvalue weighted by Gasteiger charge is 2.55. The molecule has 1 amide bonds. The number of carbonyl (C=O) groups is 2. The monoisotopic (exact) mass is 419 g/mol. The molecule has 4 fully saturated rings. The lowest BCUT2D eigenvalue weighted by Gasteiger charge is -2.55. The fraction of sp³-hybridized carbons (Fsp3) is 0.462. The summed E-state index contributed by atoms with van der Waals surface area (Å²) >= 11 is 0. The first-order valence-corrected chi connectivity index (χ1v) is 11.3. The van der Waals surface area contributed by atoms with Crippen LogP contribution >= 0.6 is 0 Å². The zero-order valence-electron chi connectivity index (χ0n) is 17.7. The van der Waals surface area contributed by atoms with Crippen LogP contribution in [0.3, 0.4) is 0 Å². The maximum Gasteiger partial charge on any atom is 0.312 e. The predicted molar refractivity (Wildman–Crippen MR) is 117 cm³/mol. The Morgan fingerprint density at radius 2 is 1.48 bits per heavy atom. The third kappa shape index (κ3) is 4.46. The summed E-state index contributed by atoms with van der Waals surface area (Å²) in [5.41, 5.74) is 1.43. The summed E-state index contributed by atoms with van der Waals surface area (Å²) in [4.78, 5) is 25.2. The largest absolute Gasteiger partial charge is 0.489 e. The fourth-order valence-corrected chi connectivity index (χ4v) is 6.22. The summed E-state index contributed by atoms with van der Waals surface area (Å²) < 4.78 is 11.3. The van der Waals surface area contributed by atoms with Crippen molar-refractivity contribution in [2.75, 3.05) is 11.9 Å². The second kappa shape index (κ2) is 8.37. The predicted octanol–water partition coefficient (Wildman–Crippen LogP) is 4.96. The van der Waals surface area contributed by atoms with Crippen LogP contribution in [0.5, 0.6) is 5.75 Å². The number of hydrogen-bond acceptors (Lipinski definition) is 4. The van der Waals surface area contributed by atoms with Crippen molar-refractivity contribution >= 4 is 17.6 Å². The highest BCUT2D eigenvalue weighted by atomic mass is 16.5. The maximum atomic E-state index is 12.9. The third-order valence-electron chi connectivity index (χ3n) is 7.19. The zero-order chi connectivity index (χ0) is 21.3. The molecule has 4 saturated carbocycles. The molecule has 0 saturated heterocycles. The molecule has 31 heavy (non-hydrogen) atoms. The molecular weight excluding hydrogens is 390 g/mol. The molecule has 0 radical (unpaired) electrons. The van der Waals surface area contributed by atoms with Gasteiger partial charge in [-0.05, 0) is 86.1 Å². The van der Waals surface area contributed by atoms with Crippen molar-refractivity contribution in [1.29, 1.82) is 0 Å². The van der Waals surface area contributed by atoms with Crippen molar-refractivity contribution < 1.29 is 19.1 Å². The average Bonchev–Trinajstić information content (AvgIpc) is 2.77. The number of rotatable bonds is 7. The molecule has 162 valence electrons. The Morgan fingerprint density at radius 3 is 2.10 bits per heavy atom. The average molecular weight is 420 g/mol. The van der Waals surface area contributed by atoms with E-state index in [0.717, 1.165) is 30.6 Å². The van der Waals surface area contributed by atoms with E-state index in [1.807, 2.05) is 42.5 Å². The number of ether oxygens (including phenoxy) is 2. The molecule has 2 aromatic rings. The quantitative estimate of drug-likeness (QED) is 0.644. The van der Waals surface area contributed by atoms with Crippen molar-refractivity contribution in [3.8, 4) is 5.75 Å². The van der Waals surface area contributed by atoms with Crippen LogP contribution in [0.2, 0.25) is 0 Å². The molecule has 5 nitrogen and oxygen atoms in total. The van der Waals surface area contributed by atoms with Gasteiger partial charge in [0, 0.05) is 5.69 Å². The van der Waals surface area contributed by atoms with E-state index in [1.165, 1.54) is 19.3 Å². The Labute approximate surface area is 183 Å². The van der Waals surface area contributed by atoms with Crippen LogP contribution in [0, 0.1) is 23.2 Å². The number of esters is 1. The Bertz CT molecular complexity index is 902. The topological polar surface area (TPSA) is 64.6 Å². The summed E-state index contributed by atoms with van der Waals surface area (Å²) in [5.74, 6) is 2.29. The van der Waals surface area contributed by atoms with Crippen LogP contribution in [-0.4, -0.2) is 18.5 Å². The lowest BCUT2D eigenvalue weighted by Crippen LogP contribution is -2.50. The fourth-order valence-electron chi connectivity index (χ4n) is 6.22. The summed E-state index contributed by atoms with van der Waals surface area (Å²) in [5, 5.41) is 2.80. The number of carbonyl (C=O) groups excluding carboxylic acids is 2. The van der Waals surface area contributed by atoms with E-state index >= 15 is 0 Å². The van der Waals surface area contributed by atoms with Crippen molar-refractivity contribution in [3.05, 3.63) is 60.2 Å². The Kier molecular flexibility index (Phi) is 5.43. The van der Waals surface area contributed by atoms with Crippen LogP contribution in [-0.2, 0) is 20.9 Å². The summed E-state index contributed by atoms with van der Waals surface area (Å²) in [6.45, 7) is 0.264. The van der Waals surface area contributed by atoms with Crippen LogP contribution in [0.4, 0.5) is 5.69 Å². The zero-order valence-corrected chi connectivity index (χ0v) is 17.7. The Morgan fingerprint density at radius 1 is 0.871 bits per heavy atom. The molecule has 0 spiro atoms. The second-order valence-corrected chi connectivity index (χ2v) is 9.62. The van der Waals surface area contributed by atoms with Gasteiger partial charge in [-0.2, -0.15) is 0 Å². The SMILES string of the molecule is O=C(COC(=O)C12CC3CC(CC(C3)C1)C2)Nc1ccc(OCc2ccccc2)cc1. The van der Waals surface area contributed by atoms with Crippen LogP contribution in [0.1, 0.15) is 44.1 Å². The minimum Gasteiger partial charge on any atom is -0.489 e. The highest BCUT2D eigenvalue weighted by Crippen LogP contribution is 2.60.